The molecular weight excluding hydrogens is 220 g/mol. The predicted molar refractivity (Wildman–Crippen MR) is 64.5 cm³/mol. The zero-order chi connectivity index (χ0) is 12.9. The Bertz CT molecular complexity index is 287. The van der Waals surface area contributed by atoms with Gasteiger partial charge < -0.3 is 14.2 Å². The van der Waals surface area contributed by atoms with E-state index in [-0.39, 0.29) is 12.1 Å². The Labute approximate surface area is 103 Å². The standard InChI is InChI=1S/C13H22O4/c1-5-13(4)16-9-11(17-13)7-6-8-15-12(14)10(2)3/h11H,2,5-9H2,1,3-4H3. The van der Waals surface area contributed by atoms with Crippen LogP contribution >= 0.6 is 0 Å². The molecule has 4 nitrogen and oxygen atoms in total. The van der Waals surface area contributed by atoms with E-state index in [9.17, 15) is 4.79 Å². The molecule has 0 radical (unpaired) electrons. The maximum atomic E-state index is 11.1. The Kier molecular flexibility index (Phi) is 5.15. The molecule has 1 aliphatic heterocycles. The molecule has 0 aromatic rings. The van der Waals surface area contributed by atoms with Crippen LogP contribution in [0.4, 0.5) is 0 Å². The third kappa shape index (κ3) is 4.48. The van der Waals surface area contributed by atoms with Crippen LogP contribution < -0.4 is 0 Å². The van der Waals surface area contributed by atoms with E-state index in [1.807, 2.05) is 13.8 Å². The number of carbonyl (C=O) groups excluding carboxylic acids is 1. The Balaban J connectivity index is 2.13. The molecule has 0 aromatic carbocycles. The van der Waals surface area contributed by atoms with Crippen LogP contribution in [0.25, 0.3) is 0 Å². The predicted octanol–water partition coefficient (Wildman–Crippen LogP) is 2.43. The van der Waals surface area contributed by atoms with E-state index in [4.69, 9.17) is 14.2 Å². The van der Waals surface area contributed by atoms with Crippen molar-refractivity contribution in [2.75, 3.05) is 13.2 Å². The van der Waals surface area contributed by atoms with Crippen molar-refractivity contribution in [2.24, 2.45) is 0 Å². The second kappa shape index (κ2) is 6.17. The van der Waals surface area contributed by atoms with Crippen LogP contribution in [0.1, 0.15) is 40.0 Å². The Hall–Kier alpha value is -0.870. The number of ether oxygens (including phenoxy) is 3. The van der Waals surface area contributed by atoms with Gasteiger partial charge in [0.15, 0.2) is 5.79 Å². The summed E-state index contributed by atoms with van der Waals surface area (Å²) in [6, 6.07) is 0. The minimum absolute atomic E-state index is 0.114. The molecule has 2 unspecified atom stereocenters. The van der Waals surface area contributed by atoms with Crippen molar-refractivity contribution in [1.29, 1.82) is 0 Å². The highest BCUT2D eigenvalue weighted by molar-refractivity contribution is 5.86. The minimum Gasteiger partial charge on any atom is -0.462 e. The maximum Gasteiger partial charge on any atom is 0.333 e. The monoisotopic (exact) mass is 242 g/mol. The van der Waals surface area contributed by atoms with Crippen LogP contribution in [0, 0.1) is 0 Å². The van der Waals surface area contributed by atoms with E-state index in [0.717, 1.165) is 19.3 Å². The fourth-order valence-corrected chi connectivity index (χ4v) is 1.62. The lowest BCUT2D eigenvalue weighted by atomic mass is 10.2. The van der Waals surface area contributed by atoms with Crippen molar-refractivity contribution in [3.8, 4) is 0 Å². The summed E-state index contributed by atoms with van der Waals surface area (Å²) in [4.78, 5) is 11.1. The minimum atomic E-state index is -0.432. The van der Waals surface area contributed by atoms with Crippen molar-refractivity contribution >= 4 is 5.97 Å². The molecule has 1 aliphatic rings. The smallest absolute Gasteiger partial charge is 0.333 e. The SMILES string of the molecule is C=C(C)C(=O)OCCCC1COC(C)(CC)O1. The highest BCUT2D eigenvalue weighted by Gasteiger charge is 2.34. The normalized spacial score (nSPS) is 28.1. The van der Waals surface area contributed by atoms with Gasteiger partial charge in [0.1, 0.15) is 0 Å². The summed E-state index contributed by atoms with van der Waals surface area (Å²) >= 11 is 0. The Morgan fingerprint density at radius 2 is 2.29 bits per heavy atom. The first kappa shape index (κ1) is 14.2. The van der Waals surface area contributed by atoms with Gasteiger partial charge in [-0.1, -0.05) is 13.5 Å². The molecule has 1 rings (SSSR count). The molecule has 0 N–H and O–H groups in total. The first-order chi connectivity index (χ1) is 7.97. The molecule has 0 amide bonds. The highest BCUT2D eigenvalue weighted by atomic mass is 16.7. The summed E-state index contributed by atoms with van der Waals surface area (Å²) < 4.78 is 16.4. The Morgan fingerprint density at radius 1 is 1.59 bits per heavy atom. The maximum absolute atomic E-state index is 11.1. The average molecular weight is 242 g/mol. The zero-order valence-electron chi connectivity index (χ0n) is 11.0. The molecule has 4 heteroatoms. The summed E-state index contributed by atoms with van der Waals surface area (Å²) in [5, 5.41) is 0. The van der Waals surface area contributed by atoms with Gasteiger partial charge in [-0.25, -0.2) is 4.79 Å². The van der Waals surface area contributed by atoms with Crippen LogP contribution in [-0.4, -0.2) is 31.1 Å². The number of hydrogen-bond acceptors (Lipinski definition) is 4. The van der Waals surface area contributed by atoms with Gasteiger partial charge in [-0.3, -0.25) is 0 Å². The van der Waals surface area contributed by atoms with Crippen molar-refractivity contribution in [3.05, 3.63) is 12.2 Å². The van der Waals surface area contributed by atoms with Gasteiger partial charge in [-0.05, 0) is 33.1 Å². The van der Waals surface area contributed by atoms with Gasteiger partial charge in [0.25, 0.3) is 0 Å². The molecule has 0 saturated carbocycles. The Morgan fingerprint density at radius 3 is 2.82 bits per heavy atom. The second-order valence-electron chi connectivity index (χ2n) is 4.60. The first-order valence-electron chi connectivity index (χ1n) is 6.11. The van der Waals surface area contributed by atoms with E-state index < -0.39 is 5.79 Å². The molecule has 2 atom stereocenters. The molecule has 1 fully saturated rings. The van der Waals surface area contributed by atoms with Crippen LogP contribution in [0.3, 0.4) is 0 Å². The number of rotatable bonds is 6. The lowest BCUT2D eigenvalue weighted by Gasteiger charge is -2.21. The topological polar surface area (TPSA) is 44.8 Å². The summed E-state index contributed by atoms with van der Waals surface area (Å²) in [6.45, 7) is 10.2. The molecule has 0 aliphatic carbocycles. The van der Waals surface area contributed by atoms with Gasteiger partial charge in [-0.15, -0.1) is 0 Å². The summed E-state index contributed by atoms with van der Waals surface area (Å²) in [6.07, 6.45) is 2.59. The van der Waals surface area contributed by atoms with Crippen molar-refractivity contribution in [1.82, 2.24) is 0 Å². The zero-order valence-corrected chi connectivity index (χ0v) is 11.0. The first-order valence-corrected chi connectivity index (χ1v) is 6.11. The van der Waals surface area contributed by atoms with Gasteiger partial charge in [0.05, 0.1) is 19.3 Å². The van der Waals surface area contributed by atoms with Gasteiger partial charge in [-0.2, -0.15) is 0 Å². The lowest BCUT2D eigenvalue weighted by Crippen LogP contribution is -2.25. The largest absolute Gasteiger partial charge is 0.462 e. The molecule has 1 heterocycles. The molecule has 0 bridgehead atoms. The van der Waals surface area contributed by atoms with E-state index in [1.165, 1.54) is 0 Å². The van der Waals surface area contributed by atoms with Crippen molar-refractivity contribution in [3.63, 3.8) is 0 Å². The number of hydrogen-bond donors (Lipinski definition) is 0. The van der Waals surface area contributed by atoms with Crippen molar-refractivity contribution in [2.45, 2.75) is 51.9 Å². The fourth-order valence-electron chi connectivity index (χ4n) is 1.62. The summed E-state index contributed by atoms with van der Waals surface area (Å²) in [7, 11) is 0. The van der Waals surface area contributed by atoms with Crippen LogP contribution in [0.5, 0.6) is 0 Å². The van der Waals surface area contributed by atoms with Crippen LogP contribution in [0.2, 0.25) is 0 Å². The third-order valence-electron chi connectivity index (χ3n) is 2.88. The van der Waals surface area contributed by atoms with Crippen LogP contribution in [0.15, 0.2) is 12.2 Å². The number of carbonyl (C=O) groups is 1. The van der Waals surface area contributed by atoms with Gasteiger partial charge >= 0.3 is 5.97 Å². The quantitative estimate of drug-likeness (QED) is 0.407. The summed E-state index contributed by atoms with van der Waals surface area (Å²) in [5.74, 6) is -0.758. The second-order valence-corrected chi connectivity index (χ2v) is 4.60. The summed E-state index contributed by atoms with van der Waals surface area (Å²) in [5.41, 5.74) is 0.434. The molecular formula is C13H22O4. The number of esters is 1. The fraction of sp³-hybridized carbons (Fsp3) is 0.769. The van der Waals surface area contributed by atoms with Gasteiger partial charge in [0.2, 0.25) is 0 Å². The van der Waals surface area contributed by atoms with E-state index in [1.54, 1.807) is 6.92 Å². The van der Waals surface area contributed by atoms with E-state index in [0.29, 0.717) is 18.8 Å². The average Bonchev–Trinajstić information content (AvgIpc) is 2.67. The lowest BCUT2D eigenvalue weighted by molar-refractivity contribution is -0.156. The molecule has 0 aromatic heterocycles. The highest BCUT2D eigenvalue weighted by Crippen LogP contribution is 2.28. The third-order valence-corrected chi connectivity index (χ3v) is 2.88. The molecule has 17 heavy (non-hydrogen) atoms. The van der Waals surface area contributed by atoms with E-state index >= 15 is 0 Å². The van der Waals surface area contributed by atoms with Crippen LogP contribution in [-0.2, 0) is 19.0 Å². The molecule has 1 saturated heterocycles. The van der Waals surface area contributed by atoms with Gasteiger partial charge in [0, 0.05) is 5.57 Å². The van der Waals surface area contributed by atoms with E-state index in [2.05, 4.69) is 6.58 Å². The molecule has 98 valence electrons. The molecule has 0 spiro atoms. The van der Waals surface area contributed by atoms with Crippen molar-refractivity contribution < 1.29 is 19.0 Å².